The van der Waals surface area contributed by atoms with E-state index in [0.29, 0.717) is 30.3 Å². The van der Waals surface area contributed by atoms with Crippen molar-refractivity contribution in [2.75, 3.05) is 6.61 Å². The van der Waals surface area contributed by atoms with E-state index in [-0.39, 0.29) is 0 Å². The number of rotatable bonds is 6. The van der Waals surface area contributed by atoms with Crippen molar-refractivity contribution in [1.29, 1.82) is 0 Å². The number of hydrogen-bond donors (Lipinski definition) is 0. The van der Waals surface area contributed by atoms with Crippen molar-refractivity contribution < 1.29 is 14.3 Å². The van der Waals surface area contributed by atoms with Gasteiger partial charge in [-0.25, -0.2) is 0 Å². The van der Waals surface area contributed by atoms with Gasteiger partial charge in [-0.2, -0.15) is 0 Å². The highest BCUT2D eigenvalue weighted by Gasteiger charge is 2.15. The zero-order chi connectivity index (χ0) is 16.1. The second-order valence-electron chi connectivity index (χ2n) is 4.77. The lowest BCUT2D eigenvalue weighted by molar-refractivity contribution is 0.108. The molecule has 116 valence electrons. The number of benzene rings is 2. The van der Waals surface area contributed by atoms with Crippen LogP contribution in [-0.4, -0.2) is 11.8 Å². The quantitative estimate of drug-likeness (QED) is 0.480. The molecule has 0 bridgehead atoms. The Hall–Kier alpha value is -1.27. The van der Waals surface area contributed by atoms with Crippen LogP contribution in [-0.2, 0) is 6.61 Å². The maximum absolute atomic E-state index is 11.3. The first kappa shape index (κ1) is 17.1. The van der Waals surface area contributed by atoms with Crippen LogP contribution in [0.1, 0.15) is 28.4 Å². The van der Waals surface area contributed by atoms with Gasteiger partial charge >= 0.3 is 0 Å². The Morgan fingerprint density at radius 1 is 1.18 bits per heavy atom. The minimum atomic E-state index is -0.510. The van der Waals surface area contributed by atoms with Gasteiger partial charge in [-0.05, 0) is 65.7 Å². The van der Waals surface area contributed by atoms with Crippen molar-refractivity contribution in [2.24, 2.45) is 0 Å². The molecule has 0 aliphatic rings. The molecule has 0 atom stereocenters. The average molecular weight is 431 g/mol. The smallest absolute Gasteiger partial charge is 0.252 e. The van der Waals surface area contributed by atoms with Crippen LogP contribution in [0, 0.1) is 10.5 Å². The van der Waals surface area contributed by atoms with Crippen molar-refractivity contribution in [2.45, 2.75) is 20.5 Å². The maximum Gasteiger partial charge on any atom is 0.252 e. The van der Waals surface area contributed by atoms with E-state index < -0.39 is 5.24 Å². The summed E-state index contributed by atoms with van der Waals surface area (Å²) in [6, 6.07) is 11.5. The van der Waals surface area contributed by atoms with Gasteiger partial charge in [0.05, 0.1) is 10.2 Å². The normalized spacial score (nSPS) is 10.4. The second kappa shape index (κ2) is 7.83. The molecule has 2 aromatic rings. The summed E-state index contributed by atoms with van der Waals surface area (Å²) < 4.78 is 12.3. The van der Waals surface area contributed by atoms with Gasteiger partial charge in [0.25, 0.3) is 5.24 Å². The van der Waals surface area contributed by atoms with Crippen LogP contribution in [0.5, 0.6) is 11.5 Å². The van der Waals surface area contributed by atoms with E-state index in [0.717, 1.165) is 9.13 Å². The Morgan fingerprint density at radius 2 is 1.86 bits per heavy atom. The second-order valence-corrected chi connectivity index (χ2v) is 6.27. The molecule has 5 heteroatoms. The molecule has 0 aliphatic carbocycles. The first-order valence-electron chi connectivity index (χ1n) is 6.85. The number of hydrogen-bond acceptors (Lipinski definition) is 3. The fourth-order valence-electron chi connectivity index (χ4n) is 1.92. The molecular weight excluding hydrogens is 415 g/mol. The Bertz CT molecular complexity index is 668. The maximum atomic E-state index is 11.3. The van der Waals surface area contributed by atoms with Crippen LogP contribution in [0.3, 0.4) is 0 Å². The number of aryl methyl sites for hydroxylation is 1. The van der Waals surface area contributed by atoms with E-state index in [2.05, 4.69) is 22.6 Å². The molecule has 0 radical (unpaired) electrons. The van der Waals surface area contributed by atoms with Crippen LogP contribution in [0.2, 0.25) is 0 Å². The van der Waals surface area contributed by atoms with Crippen molar-refractivity contribution in [1.82, 2.24) is 0 Å². The molecule has 0 unspecified atom stereocenters. The van der Waals surface area contributed by atoms with E-state index in [1.54, 1.807) is 12.1 Å². The summed E-state index contributed by atoms with van der Waals surface area (Å²) in [5, 5.41) is -0.510. The Labute approximate surface area is 148 Å². The average Bonchev–Trinajstić information content (AvgIpc) is 2.48. The lowest BCUT2D eigenvalue weighted by Crippen LogP contribution is -2.03. The molecule has 22 heavy (non-hydrogen) atoms. The van der Waals surface area contributed by atoms with E-state index >= 15 is 0 Å². The summed E-state index contributed by atoms with van der Waals surface area (Å²) in [7, 11) is 0. The molecule has 0 aliphatic heterocycles. The lowest BCUT2D eigenvalue weighted by Gasteiger charge is -2.15. The van der Waals surface area contributed by atoms with Gasteiger partial charge in [-0.1, -0.05) is 29.8 Å². The third-order valence-electron chi connectivity index (χ3n) is 3.04. The highest BCUT2D eigenvalue weighted by Crippen LogP contribution is 2.35. The predicted octanol–water partition coefficient (Wildman–Crippen LogP) is 4.96. The Morgan fingerprint density at radius 3 is 2.45 bits per heavy atom. The van der Waals surface area contributed by atoms with Crippen LogP contribution in [0.4, 0.5) is 0 Å². The van der Waals surface area contributed by atoms with E-state index in [1.807, 2.05) is 38.1 Å². The summed E-state index contributed by atoms with van der Waals surface area (Å²) >= 11 is 7.67. The van der Waals surface area contributed by atoms with E-state index in [9.17, 15) is 4.79 Å². The van der Waals surface area contributed by atoms with E-state index in [4.69, 9.17) is 21.1 Å². The first-order valence-corrected chi connectivity index (χ1v) is 8.31. The predicted molar refractivity (Wildman–Crippen MR) is 96.0 cm³/mol. The molecule has 0 spiro atoms. The molecule has 0 amide bonds. The minimum Gasteiger partial charge on any atom is -0.490 e. The Kier molecular flexibility index (Phi) is 6.08. The van der Waals surface area contributed by atoms with Crippen LogP contribution in [0.25, 0.3) is 0 Å². The molecule has 0 saturated heterocycles. The van der Waals surface area contributed by atoms with Gasteiger partial charge in [0.2, 0.25) is 0 Å². The molecular formula is C17H16ClIO3. The summed E-state index contributed by atoms with van der Waals surface area (Å²) in [5.74, 6) is 1.16. The third-order valence-corrected chi connectivity index (χ3v) is 4.06. The number of ether oxygens (including phenoxy) is 2. The molecule has 0 heterocycles. The Balaban J connectivity index is 2.25. The third kappa shape index (κ3) is 4.36. The van der Waals surface area contributed by atoms with Crippen LogP contribution in [0.15, 0.2) is 36.4 Å². The first-order chi connectivity index (χ1) is 10.5. The largest absolute Gasteiger partial charge is 0.490 e. The lowest BCUT2D eigenvalue weighted by atomic mass is 10.2. The fraction of sp³-hybridized carbons (Fsp3) is 0.235. The highest BCUT2D eigenvalue weighted by molar-refractivity contribution is 14.1. The van der Waals surface area contributed by atoms with Crippen molar-refractivity contribution in [3.05, 3.63) is 56.7 Å². The molecule has 0 aromatic heterocycles. The minimum absolute atomic E-state index is 0.400. The molecule has 3 nitrogen and oxygen atoms in total. The van der Waals surface area contributed by atoms with Crippen molar-refractivity contribution in [3.8, 4) is 11.5 Å². The fourth-order valence-corrected chi connectivity index (χ4v) is 2.79. The number of carbonyl (C=O) groups is 1. The monoisotopic (exact) mass is 430 g/mol. The zero-order valence-electron chi connectivity index (χ0n) is 12.4. The van der Waals surface area contributed by atoms with Gasteiger partial charge in [0, 0.05) is 5.56 Å². The van der Waals surface area contributed by atoms with Crippen molar-refractivity contribution >= 4 is 39.4 Å². The molecule has 0 saturated carbocycles. The van der Waals surface area contributed by atoms with Crippen LogP contribution >= 0.6 is 34.2 Å². The molecule has 2 aromatic carbocycles. The van der Waals surface area contributed by atoms with Gasteiger partial charge in [0.15, 0.2) is 11.5 Å². The number of carbonyl (C=O) groups excluding carboxylic acids is 1. The molecule has 2 rings (SSSR count). The van der Waals surface area contributed by atoms with Gasteiger partial charge < -0.3 is 9.47 Å². The van der Waals surface area contributed by atoms with Gasteiger partial charge in [0.1, 0.15) is 6.61 Å². The highest BCUT2D eigenvalue weighted by atomic mass is 127. The summed E-state index contributed by atoms with van der Waals surface area (Å²) in [4.78, 5) is 11.3. The zero-order valence-corrected chi connectivity index (χ0v) is 15.3. The summed E-state index contributed by atoms with van der Waals surface area (Å²) in [5.41, 5.74) is 2.68. The van der Waals surface area contributed by atoms with Crippen molar-refractivity contribution in [3.63, 3.8) is 0 Å². The molecule has 0 N–H and O–H groups in total. The summed E-state index contributed by atoms with van der Waals surface area (Å²) in [6.07, 6.45) is 0. The van der Waals surface area contributed by atoms with E-state index in [1.165, 1.54) is 5.56 Å². The number of halogens is 2. The van der Waals surface area contributed by atoms with Gasteiger partial charge in [-0.15, -0.1) is 0 Å². The topological polar surface area (TPSA) is 35.5 Å². The van der Waals surface area contributed by atoms with Gasteiger partial charge in [-0.3, -0.25) is 4.79 Å². The standard InChI is InChI=1S/C17H16ClIO3/c1-3-21-15-9-13(17(18)20)8-14(19)16(15)22-10-12-6-4-11(2)5-7-12/h4-9H,3,10H2,1-2H3. The van der Waals surface area contributed by atoms with Crippen LogP contribution < -0.4 is 9.47 Å². The molecule has 0 fully saturated rings. The SMILES string of the molecule is CCOc1cc(C(=O)Cl)cc(I)c1OCc1ccc(C)cc1. The summed E-state index contributed by atoms with van der Waals surface area (Å²) in [6.45, 7) is 4.84.